The largest absolute Gasteiger partial charge is 0.354 e. The Balaban J connectivity index is 1.19. The number of amides is 2. The highest BCUT2D eigenvalue weighted by atomic mass is 16.2. The van der Waals surface area contributed by atoms with Gasteiger partial charge in [-0.15, -0.1) is 0 Å². The number of aromatic nitrogens is 1. The monoisotopic (exact) mass is 427 g/mol. The summed E-state index contributed by atoms with van der Waals surface area (Å²) in [6.45, 7) is 7.90. The molecule has 7 heteroatoms. The van der Waals surface area contributed by atoms with Gasteiger partial charge >= 0.3 is 0 Å². The van der Waals surface area contributed by atoms with E-state index in [1.54, 1.807) is 0 Å². The number of aryl methyl sites for hydroxylation is 1. The third kappa shape index (κ3) is 6.04. The van der Waals surface area contributed by atoms with Crippen LogP contribution in [0.5, 0.6) is 0 Å². The molecule has 3 aliphatic heterocycles. The molecule has 4 heterocycles. The van der Waals surface area contributed by atoms with Gasteiger partial charge in [-0.25, -0.2) is 0 Å². The van der Waals surface area contributed by atoms with Crippen LogP contribution >= 0.6 is 0 Å². The Kier molecular flexibility index (Phi) is 7.56. The van der Waals surface area contributed by atoms with Gasteiger partial charge in [0.25, 0.3) is 0 Å². The van der Waals surface area contributed by atoms with E-state index >= 15 is 0 Å². The lowest BCUT2D eigenvalue weighted by atomic mass is 9.92. The van der Waals surface area contributed by atoms with Crippen molar-refractivity contribution in [2.45, 2.75) is 70.5 Å². The van der Waals surface area contributed by atoms with Crippen molar-refractivity contribution in [3.05, 3.63) is 29.6 Å². The Morgan fingerprint density at radius 1 is 1.10 bits per heavy atom. The Morgan fingerprint density at radius 2 is 1.87 bits per heavy atom. The molecule has 0 aromatic carbocycles. The van der Waals surface area contributed by atoms with Gasteiger partial charge in [0.2, 0.25) is 11.8 Å². The van der Waals surface area contributed by atoms with Crippen LogP contribution in [0.25, 0.3) is 0 Å². The fourth-order valence-corrected chi connectivity index (χ4v) is 5.25. The van der Waals surface area contributed by atoms with Crippen molar-refractivity contribution in [1.29, 1.82) is 0 Å². The summed E-state index contributed by atoms with van der Waals surface area (Å²) in [5, 5.41) is 5.93. The molecule has 3 aliphatic rings. The van der Waals surface area contributed by atoms with Crippen LogP contribution in [0.15, 0.2) is 18.2 Å². The van der Waals surface area contributed by atoms with Gasteiger partial charge in [0.1, 0.15) is 6.04 Å². The first-order chi connectivity index (χ1) is 15.1. The third-order valence-electron chi connectivity index (χ3n) is 7.16. The molecular weight excluding hydrogens is 390 g/mol. The van der Waals surface area contributed by atoms with Crippen LogP contribution in [0.4, 0.5) is 0 Å². The number of rotatable bonds is 5. The van der Waals surface area contributed by atoms with Crippen molar-refractivity contribution in [2.24, 2.45) is 5.92 Å². The maximum absolute atomic E-state index is 12.7. The maximum Gasteiger partial charge on any atom is 0.242 e. The second-order valence-corrected chi connectivity index (χ2v) is 9.44. The predicted molar refractivity (Wildman–Crippen MR) is 120 cm³/mol. The van der Waals surface area contributed by atoms with Crippen LogP contribution < -0.4 is 10.6 Å². The van der Waals surface area contributed by atoms with E-state index in [1.807, 2.05) is 13.0 Å². The van der Waals surface area contributed by atoms with E-state index in [0.29, 0.717) is 6.04 Å². The Hall–Kier alpha value is -1.99. The van der Waals surface area contributed by atoms with Gasteiger partial charge in [-0.1, -0.05) is 6.07 Å². The van der Waals surface area contributed by atoms with Gasteiger partial charge in [-0.3, -0.25) is 19.5 Å². The normalized spacial score (nSPS) is 25.1. The molecule has 3 saturated heterocycles. The lowest BCUT2D eigenvalue weighted by molar-refractivity contribution is -0.132. The van der Waals surface area contributed by atoms with Crippen molar-refractivity contribution < 1.29 is 9.59 Å². The van der Waals surface area contributed by atoms with E-state index in [-0.39, 0.29) is 23.8 Å². The summed E-state index contributed by atoms with van der Waals surface area (Å²) in [6.07, 6.45) is 6.90. The molecule has 4 rings (SSSR count). The standard InChI is InChI=1S/C24H37N5O2/c1-18-5-4-6-20(26-18)17-28-13-10-21(11-14-28)29-15-8-19(9-16-29)23(30)27-22-7-2-3-12-25-24(22)31/h4-6,19,21-22H,2-3,7-17H2,1H3,(H,25,31)(H,27,30)/t22-/m0/s1. The average Bonchev–Trinajstić information content (AvgIpc) is 2.98. The van der Waals surface area contributed by atoms with E-state index in [1.165, 1.54) is 12.8 Å². The molecule has 3 fully saturated rings. The third-order valence-corrected chi connectivity index (χ3v) is 7.16. The highest BCUT2D eigenvalue weighted by Crippen LogP contribution is 2.25. The number of hydrogen-bond donors (Lipinski definition) is 2. The first-order valence-electron chi connectivity index (χ1n) is 12.1. The van der Waals surface area contributed by atoms with Gasteiger partial charge in [-0.05, 0) is 77.1 Å². The first kappa shape index (κ1) is 22.2. The summed E-state index contributed by atoms with van der Waals surface area (Å²) in [5.41, 5.74) is 2.24. The second-order valence-electron chi connectivity index (χ2n) is 9.44. The van der Waals surface area contributed by atoms with Crippen molar-refractivity contribution in [2.75, 3.05) is 32.7 Å². The lowest BCUT2D eigenvalue weighted by Gasteiger charge is -2.41. The molecule has 0 bridgehead atoms. The van der Waals surface area contributed by atoms with Gasteiger partial charge in [-0.2, -0.15) is 0 Å². The highest BCUT2D eigenvalue weighted by molar-refractivity contribution is 5.88. The quantitative estimate of drug-likeness (QED) is 0.750. The zero-order chi connectivity index (χ0) is 21.6. The minimum Gasteiger partial charge on any atom is -0.354 e. The molecule has 7 nitrogen and oxygen atoms in total. The fourth-order valence-electron chi connectivity index (χ4n) is 5.25. The highest BCUT2D eigenvalue weighted by Gasteiger charge is 2.32. The number of pyridine rings is 1. The van der Waals surface area contributed by atoms with Crippen LogP contribution in [0.1, 0.15) is 56.3 Å². The summed E-state index contributed by atoms with van der Waals surface area (Å²) < 4.78 is 0. The van der Waals surface area contributed by atoms with E-state index in [0.717, 1.165) is 82.8 Å². The zero-order valence-corrected chi connectivity index (χ0v) is 18.8. The van der Waals surface area contributed by atoms with Crippen LogP contribution in [0.3, 0.4) is 0 Å². The molecule has 170 valence electrons. The van der Waals surface area contributed by atoms with E-state index in [4.69, 9.17) is 0 Å². The Bertz CT molecular complexity index is 754. The molecule has 1 aromatic rings. The minimum absolute atomic E-state index is 0.0177. The molecule has 0 saturated carbocycles. The summed E-state index contributed by atoms with van der Waals surface area (Å²) in [7, 11) is 0. The van der Waals surface area contributed by atoms with E-state index in [9.17, 15) is 9.59 Å². The molecule has 1 aromatic heterocycles. The topological polar surface area (TPSA) is 77.6 Å². The number of nitrogens with zero attached hydrogens (tertiary/aromatic N) is 3. The summed E-state index contributed by atoms with van der Waals surface area (Å²) in [5.74, 6) is 0.0952. The molecule has 2 amide bonds. The number of piperidine rings is 2. The number of carbonyl (C=O) groups is 2. The smallest absolute Gasteiger partial charge is 0.242 e. The number of hydrogen-bond acceptors (Lipinski definition) is 5. The summed E-state index contributed by atoms with van der Waals surface area (Å²) in [4.78, 5) is 34.6. The predicted octanol–water partition coefficient (Wildman–Crippen LogP) is 1.85. The van der Waals surface area contributed by atoms with E-state index in [2.05, 4.69) is 37.6 Å². The molecule has 31 heavy (non-hydrogen) atoms. The molecule has 0 aliphatic carbocycles. The summed E-state index contributed by atoms with van der Waals surface area (Å²) >= 11 is 0. The van der Waals surface area contributed by atoms with Crippen molar-refractivity contribution in [3.63, 3.8) is 0 Å². The first-order valence-corrected chi connectivity index (χ1v) is 12.1. The minimum atomic E-state index is -0.347. The molecule has 0 spiro atoms. The van der Waals surface area contributed by atoms with Crippen LogP contribution in [0, 0.1) is 12.8 Å². The molecule has 2 N–H and O–H groups in total. The van der Waals surface area contributed by atoms with Crippen LogP contribution in [-0.2, 0) is 16.1 Å². The van der Waals surface area contributed by atoms with Gasteiger partial charge in [0.05, 0.1) is 5.69 Å². The van der Waals surface area contributed by atoms with Gasteiger partial charge in [0, 0.05) is 43.8 Å². The van der Waals surface area contributed by atoms with Crippen molar-refractivity contribution in [3.8, 4) is 0 Å². The second kappa shape index (κ2) is 10.6. The van der Waals surface area contributed by atoms with Crippen LogP contribution in [0.2, 0.25) is 0 Å². The van der Waals surface area contributed by atoms with Crippen LogP contribution in [-0.4, -0.2) is 71.4 Å². The van der Waals surface area contributed by atoms with E-state index < -0.39 is 0 Å². The van der Waals surface area contributed by atoms with Crippen molar-refractivity contribution in [1.82, 2.24) is 25.4 Å². The number of likely N-dealkylation sites (tertiary alicyclic amines) is 2. The fraction of sp³-hybridized carbons (Fsp3) is 0.708. The number of carbonyl (C=O) groups excluding carboxylic acids is 2. The maximum atomic E-state index is 12.7. The lowest BCUT2D eigenvalue weighted by Crippen LogP contribution is -2.51. The Morgan fingerprint density at radius 3 is 2.61 bits per heavy atom. The van der Waals surface area contributed by atoms with Gasteiger partial charge < -0.3 is 15.5 Å². The molecule has 0 unspecified atom stereocenters. The summed E-state index contributed by atoms with van der Waals surface area (Å²) in [6, 6.07) is 6.53. The molecular formula is C24H37N5O2. The van der Waals surface area contributed by atoms with Gasteiger partial charge in [0.15, 0.2) is 0 Å². The molecule has 1 atom stereocenters. The average molecular weight is 428 g/mol. The molecule has 0 radical (unpaired) electrons. The Labute approximate surface area is 186 Å². The SMILES string of the molecule is Cc1cccc(CN2CCC(N3CCC(C(=O)N[C@H]4CCCCNC4=O)CC3)CC2)n1. The number of nitrogens with one attached hydrogen (secondary N) is 2. The van der Waals surface area contributed by atoms with Crippen molar-refractivity contribution >= 4 is 11.8 Å². The zero-order valence-electron chi connectivity index (χ0n) is 18.8.